The summed E-state index contributed by atoms with van der Waals surface area (Å²) in [5.41, 5.74) is 0. The highest BCUT2D eigenvalue weighted by Crippen LogP contribution is 1.94. The van der Waals surface area contributed by atoms with Crippen molar-refractivity contribution in [3.05, 3.63) is 0 Å². The van der Waals surface area contributed by atoms with Gasteiger partial charge in [-0.3, -0.25) is 14.4 Å². The van der Waals surface area contributed by atoms with E-state index in [1.807, 2.05) is 13.8 Å². The summed E-state index contributed by atoms with van der Waals surface area (Å²) < 4.78 is 21.1. The van der Waals surface area contributed by atoms with Crippen molar-refractivity contribution >= 4 is 17.6 Å². The first kappa shape index (κ1) is 30.4. The predicted octanol–water partition coefficient (Wildman–Crippen LogP) is 0.289. The Morgan fingerprint density at radius 3 is 1.75 bits per heavy atom. The number of nitrogens with one attached hydrogen (secondary N) is 3. The van der Waals surface area contributed by atoms with Crippen molar-refractivity contribution in [3.63, 3.8) is 0 Å². The molecule has 0 atom stereocenters. The average Bonchev–Trinajstić information content (AvgIpc) is 2.74. The number of carbonyl (C=O) groups is 3. The molecule has 10 nitrogen and oxygen atoms in total. The van der Waals surface area contributed by atoms with Gasteiger partial charge in [0.2, 0.25) is 11.8 Å². The molecule has 188 valence electrons. The molecule has 0 aliphatic rings. The molecule has 10 heteroatoms. The fourth-order valence-electron chi connectivity index (χ4n) is 2.25. The number of carbonyl (C=O) groups excluding carboxylic acids is 3. The summed E-state index contributed by atoms with van der Waals surface area (Å²) in [6, 6.07) is 0.429. The molecule has 32 heavy (non-hydrogen) atoms. The van der Waals surface area contributed by atoms with E-state index in [9.17, 15) is 14.4 Å². The molecule has 0 heterocycles. The number of ketones is 1. The topological polar surface area (TPSA) is 124 Å². The second-order valence-corrected chi connectivity index (χ2v) is 7.86. The molecule has 0 aromatic rings. The fraction of sp³-hybridized carbons (Fsp3) is 0.864. The lowest BCUT2D eigenvalue weighted by atomic mass is 10.1. The van der Waals surface area contributed by atoms with Crippen LogP contribution in [0.25, 0.3) is 0 Å². The maximum Gasteiger partial charge on any atom is 0.246 e. The van der Waals surface area contributed by atoms with Crippen molar-refractivity contribution in [1.29, 1.82) is 0 Å². The molecular weight excluding hydrogens is 418 g/mol. The van der Waals surface area contributed by atoms with E-state index in [0.29, 0.717) is 65.2 Å². The van der Waals surface area contributed by atoms with Crippen LogP contribution in [-0.4, -0.2) is 96.1 Å². The van der Waals surface area contributed by atoms with Crippen LogP contribution in [0, 0.1) is 5.92 Å². The Morgan fingerprint density at radius 1 is 0.656 bits per heavy atom. The van der Waals surface area contributed by atoms with Gasteiger partial charge < -0.3 is 34.9 Å². The van der Waals surface area contributed by atoms with Crippen LogP contribution in [0.1, 0.15) is 40.5 Å². The zero-order chi connectivity index (χ0) is 24.0. The Hall–Kier alpha value is -1.59. The molecule has 0 unspecified atom stereocenters. The van der Waals surface area contributed by atoms with Crippen molar-refractivity contribution in [2.24, 2.45) is 5.92 Å². The van der Waals surface area contributed by atoms with Gasteiger partial charge in [-0.05, 0) is 13.0 Å². The second kappa shape index (κ2) is 21.3. The van der Waals surface area contributed by atoms with E-state index in [-0.39, 0.29) is 36.7 Å². The van der Waals surface area contributed by atoms with Crippen molar-refractivity contribution < 1.29 is 33.3 Å². The third-order valence-electron chi connectivity index (χ3n) is 4.14. The van der Waals surface area contributed by atoms with E-state index >= 15 is 0 Å². The standard InChI is InChI=1S/C22H43N3O7/c1-18(2)20(26)16-31-14-12-30-11-9-25-22(28)17-32-15-13-29-10-8-24-21(27)6-5-7-23-19(3)4/h18-19,23H,5-17H2,1-4H3,(H,24,27)(H,25,28). The van der Waals surface area contributed by atoms with Crippen LogP contribution in [0.5, 0.6) is 0 Å². The number of amides is 2. The van der Waals surface area contributed by atoms with Crippen LogP contribution in [0.4, 0.5) is 0 Å². The summed E-state index contributed by atoms with van der Waals surface area (Å²) in [6.45, 7) is 11.6. The minimum Gasteiger partial charge on any atom is -0.377 e. The Labute approximate surface area is 192 Å². The summed E-state index contributed by atoms with van der Waals surface area (Å²) in [7, 11) is 0. The van der Waals surface area contributed by atoms with Gasteiger partial charge in [0.15, 0.2) is 5.78 Å². The molecule has 0 radical (unpaired) electrons. The van der Waals surface area contributed by atoms with Gasteiger partial charge in [-0.1, -0.05) is 27.7 Å². The Balaban J connectivity index is 3.33. The van der Waals surface area contributed by atoms with E-state index in [0.717, 1.165) is 13.0 Å². The third kappa shape index (κ3) is 21.6. The number of rotatable bonds is 22. The Kier molecular flexibility index (Phi) is 20.2. The summed E-state index contributed by atoms with van der Waals surface area (Å²) in [5.74, 6) is -0.174. The van der Waals surface area contributed by atoms with E-state index in [1.54, 1.807) is 0 Å². The van der Waals surface area contributed by atoms with Gasteiger partial charge in [-0.2, -0.15) is 0 Å². The van der Waals surface area contributed by atoms with Crippen LogP contribution in [0.2, 0.25) is 0 Å². The quantitative estimate of drug-likeness (QED) is 0.197. The summed E-state index contributed by atoms with van der Waals surface area (Å²) in [4.78, 5) is 34.6. The lowest BCUT2D eigenvalue weighted by Gasteiger charge is -2.09. The minimum absolute atomic E-state index is 0.0183. The molecule has 0 aromatic heterocycles. The van der Waals surface area contributed by atoms with Crippen LogP contribution in [0.3, 0.4) is 0 Å². The largest absolute Gasteiger partial charge is 0.377 e. The molecule has 0 aliphatic heterocycles. The summed E-state index contributed by atoms with van der Waals surface area (Å²) in [6.07, 6.45) is 1.30. The molecule has 0 saturated carbocycles. The van der Waals surface area contributed by atoms with Crippen molar-refractivity contribution in [2.45, 2.75) is 46.6 Å². The molecule has 0 bridgehead atoms. The smallest absolute Gasteiger partial charge is 0.246 e. The van der Waals surface area contributed by atoms with E-state index in [4.69, 9.17) is 18.9 Å². The molecule has 3 N–H and O–H groups in total. The van der Waals surface area contributed by atoms with Gasteiger partial charge in [-0.25, -0.2) is 0 Å². The normalized spacial score (nSPS) is 11.2. The first-order valence-corrected chi connectivity index (χ1v) is 11.4. The first-order chi connectivity index (χ1) is 15.3. The van der Waals surface area contributed by atoms with Gasteiger partial charge in [0.25, 0.3) is 0 Å². The van der Waals surface area contributed by atoms with E-state index in [1.165, 1.54) is 0 Å². The average molecular weight is 462 g/mol. The number of hydrogen-bond donors (Lipinski definition) is 3. The van der Waals surface area contributed by atoms with Crippen LogP contribution >= 0.6 is 0 Å². The van der Waals surface area contributed by atoms with Crippen molar-refractivity contribution in [1.82, 2.24) is 16.0 Å². The van der Waals surface area contributed by atoms with Crippen LogP contribution < -0.4 is 16.0 Å². The number of ether oxygens (including phenoxy) is 4. The molecule has 2 amide bonds. The maximum absolute atomic E-state index is 11.6. The lowest BCUT2D eigenvalue weighted by Crippen LogP contribution is -2.31. The number of Topliss-reactive ketones (excluding diaryl/α,β-unsaturated/α-hetero) is 1. The zero-order valence-electron chi connectivity index (χ0n) is 20.2. The zero-order valence-corrected chi connectivity index (χ0v) is 20.2. The van der Waals surface area contributed by atoms with Crippen molar-refractivity contribution in [2.75, 3.05) is 72.5 Å². The van der Waals surface area contributed by atoms with E-state index in [2.05, 4.69) is 29.8 Å². The highest BCUT2D eigenvalue weighted by molar-refractivity contribution is 5.81. The first-order valence-electron chi connectivity index (χ1n) is 11.4. The SMILES string of the molecule is CC(C)NCCCC(=O)NCCOCCOCC(=O)NCCOCCOCC(=O)C(C)C. The summed E-state index contributed by atoms with van der Waals surface area (Å²) >= 11 is 0. The molecular formula is C22H43N3O7. The third-order valence-corrected chi connectivity index (χ3v) is 4.14. The molecule has 0 saturated heterocycles. The fourth-order valence-corrected chi connectivity index (χ4v) is 2.25. The highest BCUT2D eigenvalue weighted by atomic mass is 16.5. The van der Waals surface area contributed by atoms with Crippen molar-refractivity contribution in [3.8, 4) is 0 Å². The van der Waals surface area contributed by atoms with Gasteiger partial charge in [-0.15, -0.1) is 0 Å². The Morgan fingerprint density at radius 2 is 1.19 bits per heavy atom. The second-order valence-electron chi connectivity index (χ2n) is 7.86. The minimum atomic E-state index is -0.230. The molecule has 0 aromatic carbocycles. The summed E-state index contributed by atoms with van der Waals surface area (Å²) in [5, 5.41) is 8.75. The monoisotopic (exact) mass is 461 g/mol. The lowest BCUT2D eigenvalue weighted by molar-refractivity contribution is -0.128. The van der Waals surface area contributed by atoms with Gasteiger partial charge >= 0.3 is 0 Å². The van der Waals surface area contributed by atoms with Gasteiger partial charge in [0, 0.05) is 31.5 Å². The number of hydrogen-bond acceptors (Lipinski definition) is 8. The van der Waals surface area contributed by atoms with E-state index < -0.39 is 0 Å². The van der Waals surface area contributed by atoms with Gasteiger partial charge in [0.1, 0.15) is 13.2 Å². The molecule has 0 aliphatic carbocycles. The molecule has 0 fully saturated rings. The highest BCUT2D eigenvalue weighted by Gasteiger charge is 2.06. The molecule has 0 rings (SSSR count). The molecule has 0 spiro atoms. The maximum atomic E-state index is 11.6. The predicted molar refractivity (Wildman–Crippen MR) is 122 cm³/mol. The van der Waals surface area contributed by atoms with Gasteiger partial charge in [0.05, 0.1) is 39.6 Å². The Bertz CT molecular complexity index is 502. The van der Waals surface area contributed by atoms with Crippen LogP contribution in [-0.2, 0) is 33.3 Å². The van der Waals surface area contributed by atoms with Crippen LogP contribution in [0.15, 0.2) is 0 Å².